The van der Waals surface area contributed by atoms with Gasteiger partial charge in [0.15, 0.2) is 0 Å². The molecule has 0 spiro atoms. The molecule has 0 aliphatic carbocycles. The van der Waals surface area contributed by atoms with Gasteiger partial charge in [-0.3, -0.25) is 0 Å². The Kier molecular flexibility index (Phi) is 4.50. The Morgan fingerprint density at radius 2 is 2.06 bits per heavy atom. The molecular weight excluding hydrogens is 341 g/mol. The van der Waals surface area contributed by atoms with Gasteiger partial charge >= 0.3 is 0 Å². The molecule has 0 saturated carbocycles. The summed E-state index contributed by atoms with van der Waals surface area (Å²) in [5, 5.41) is 6.72. The first-order valence-electron chi connectivity index (χ1n) is 4.99. The van der Waals surface area contributed by atoms with Crippen LogP contribution in [0.25, 0.3) is 0 Å². The van der Waals surface area contributed by atoms with Crippen molar-refractivity contribution >= 4 is 50.5 Å². The van der Waals surface area contributed by atoms with Crippen LogP contribution >= 0.6 is 50.5 Å². The minimum absolute atomic E-state index is 0.0208. The molecule has 1 aromatic carbocycles. The lowest BCUT2D eigenvalue weighted by molar-refractivity contribution is 0.704. The van der Waals surface area contributed by atoms with Gasteiger partial charge in [-0.25, -0.2) is 0 Å². The van der Waals surface area contributed by atoms with E-state index in [-0.39, 0.29) is 6.04 Å². The minimum atomic E-state index is 0.0208. The molecule has 90 valence electrons. The van der Waals surface area contributed by atoms with Crippen molar-refractivity contribution in [1.29, 1.82) is 0 Å². The molecule has 1 heterocycles. The van der Waals surface area contributed by atoms with Crippen LogP contribution in [-0.2, 0) is 0 Å². The zero-order valence-corrected chi connectivity index (χ0v) is 12.9. The molecule has 5 heteroatoms. The second-order valence-electron chi connectivity index (χ2n) is 3.50. The molecular formula is C12H10BrCl2NS. The molecule has 0 aliphatic rings. The fourth-order valence-electron chi connectivity index (χ4n) is 1.68. The van der Waals surface area contributed by atoms with E-state index >= 15 is 0 Å². The number of halogens is 3. The van der Waals surface area contributed by atoms with Crippen molar-refractivity contribution in [1.82, 2.24) is 5.32 Å². The van der Waals surface area contributed by atoms with Crippen molar-refractivity contribution in [2.45, 2.75) is 6.04 Å². The molecule has 0 amide bonds. The fraction of sp³-hybridized carbons (Fsp3) is 0.167. The number of nitrogens with one attached hydrogen (secondary N) is 1. The van der Waals surface area contributed by atoms with Gasteiger partial charge in [0, 0.05) is 9.35 Å². The monoisotopic (exact) mass is 349 g/mol. The first-order chi connectivity index (χ1) is 8.15. The van der Waals surface area contributed by atoms with Crippen LogP contribution < -0.4 is 5.32 Å². The van der Waals surface area contributed by atoms with Crippen LogP contribution in [-0.4, -0.2) is 7.05 Å². The minimum Gasteiger partial charge on any atom is -0.309 e. The van der Waals surface area contributed by atoms with Crippen LogP contribution in [0.3, 0.4) is 0 Å². The molecule has 1 N–H and O–H groups in total. The Morgan fingerprint density at radius 1 is 1.29 bits per heavy atom. The van der Waals surface area contributed by atoms with Crippen LogP contribution in [0.15, 0.2) is 34.1 Å². The molecule has 1 atom stereocenters. The number of benzene rings is 1. The van der Waals surface area contributed by atoms with Crippen LogP contribution in [0.4, 0.5) is 0 Å². The predicted octanol–water partition coefficient (Wildman–Crippen LogP) is 5.13. The van der Waals surface area contributed by atoms with E-state index in [2.05, 4.69) is 21.2 Å². The summed E-state index contributed by atoms with van der Waals surface area (Å²) in [6.45, 7) is 0. The van der Waals surface area contributed by atoms with Crippen molar-refractivity contribution in [2.75, 3.05) is 7.05 Å². The molecule has 0 aliphatic heterocycles. The highest BCUT2D eigenvalue weighted by molar-refractivity contribution is 9.10. The van der Waals surface area contributed by atoms with E-state index in [4.69, 9.17) is 23.2 Å². The maximum absolute atomic E-state index is 6.31. The smallest absolute Gasteiger partial charge is 0.0698 e. The lowest BCUT2D eigenvalue weighted by Crippen LogP contribution is -2.17. The van der Waals surface area contributed by atoms with E-state index in [0.29, 0.717) is 0 Å². The van der Waals surface area contributed by atoms with Gasteiger partial charge in [-0.15, -0.1) is 11.3 Å². The van der Waals surface area contributed by atoms with Gasteiger partial charge in [0.2, 0.25) is 0 Å². The van der Waals surface area contributed by atoms with Crippen molar-refractivity contribution in [3.05, 3.63) is 54.6 Å². The molecule has 0 saturated heterocycles. The predicted molar refractivity (Wildman–Crippen MR) is 79.4 cm³/mol. The quantitative estimate of drug-likeness (QED) is 0.809. The average Bonchev–Trinajstić information content (AvgIpc) is 2.72. The normalized spacial score (nSPS) is 12.7. The van der Waals surface area contributed by atoms with Crippen LogP contribution in [0.2, 0.25) is 10.0 Å². The van der Waals surface area contributed by atoms with Gasteiger partial charge in [0.05, 0.1) is 16.1 Å². The lowest BCUT2D eigenvalue weighted by Gasteiger charge is -2.17. The maximum atomic E-state index is 6.31. The van der Waals surface area contributed by atoms with Gasteiger partial charge in [-0.05, 0) is 46.1 Å². The first-order valence-corrected chi connectivity index (χ1v) is 7.42. The summed E-state index contributed by atoms with van der Waals surface area (Å²) in [5.74, 6) is 0. The summed E-state index contributed by atoms with van der Waals surface area (Å²) in [4.78, 5) is 1.08. The van der Waals surface area contributed by atoms with E-state index < -0.39 is 0 Å². The third-order valence-electron chi connectivity index (χ3n) is 2.49. The highest BCUT2D eigenvalue weighted by Crippen LogP contribution is 2.37. The molecule has 0 radical (unpaired) electrons. The summed E-state index contributed by atoms with van der Waals surface area (Å²) in [5.41, 5.74) is 1.02. The van der Waals surface area contributed by atoms with Crippen LogP contribution in [0, 0.1) is 0 Å². The Bertz CT molecular complexity index is 527. The van der Waals surface area contributed by atoms with Gasteiger partial charge in [0.25, 0.3) is 0 Å². The van der Waals surface area contributed by atoms with Crippen LogP contribution in [0.5, 0.6) is 0 Å². The first kappa shape index (κ1) is 13.4. The maximum Gasteiger partial charge on any atom is 0.0698 e. The summed E-state index contributed by atoms with van der Waals surface area (Å²) in [6.07, 6.45) is 0. The van der Waals surface area contributed by atoms with E-state index in [1.54, 1.807) is 11.3 Å². The Morgan fingerprint density at radius 3 is 2.65 bits per heavy atom. The second-order valence-corrected chi connectivity index (χ2v) is 6.08. The van der Waals surface area contributed by atoms with Crippen molar-refractivity contribution in [3.8, 4) is 0 Å². The molecule has 0 bridgehead atoms. The topological polar surface area (TPSA) is 12.0 Å². The molecule has 17 heavy (non-hydrogen) atoms. The second kappa shape index (κ2) is 5.72. The molecule has 1 unspecified atom stereocenters. The van der Waals surface area contributed by atoms with Crippen molar-refractivity contribution < 1.29 is 0 Å². The summed E-state index contributed by atoms with van der Waals surface area (Å²) in [6, 6.07) is 7.82. The summed E-state index contributed by atoms with van der Waals surface area (Å²) >= 11 is 17.5. The molecule has 1 aromatic heterocycles. The van der Waals surface area contributed by atoms with Gasteiger partial charge in [-0.1, -0.05) is 35.3 Å². The van der Waals surface area contributed by atoms with E-state index in [1.807, 2.05) is 36.7 Å². The Labute approximate surface area is 123 Å². The van der Waals surface area contributed by atoms with Crippen molar-refractivity contribution in [3.63, 3.8) is 0 Å². The third kappa shape index (κ3) is 2.69. The van der Waals surface area contributed by atoms with Gasteiger partial charge < -0.3 is 5.32 Å². The summed E-state index contributed by atoms with van der Waals surface area (Å²) < 4.78 is 0.893. The van der Waals surface area contributed by atoms with Crippen LogP contribution in [0.1, 0.15) is 16.5 Å². The molecule has 0 fully saturated rings. The number of thiophene rings is 1. The zero-order valence-electron chi connectivity index (χ0n) is 9.01. The largest absolute Gasteiger partial charge is 0.309 e. The average molecular weight is 351 g/mol. The fourth-order valence-corrected chi connectivity index (χ4v) is 3.59. The number of hydrogen-bond donors (Lipinski definition) is 1. The van der Waals surface area contributed by atoms with Gasteiger partial charge in [-0.2, -0.15) is 0 Å². The van der Waals surface area contributed by atoms with E-state index in [9.17, 15) is 0 Å². The molecule has 2 rings (SSSR count). The Hall–Kier alpha value is -0.0600. The highest BCUT2D eigenvalue weighted by Gasteiger charge is 2.19. The highest BCUT2D eigenvalue weighted by atomic mass is 79.9. The number of hydrogen-bond acceptors (Lipinski definition) is 2. The lowest BCUT2D eigenvalue weighted by atomic mass is 10.1. The SMILES string of the molecule is CNC(c1cccc(Br)c1Cl)c1sccc1Cl. The summed E-state index contributed by atoms with van der Waals surface area (Å²) in [7, 11) is 1.90. The van der Waals surface area contributed by atoms with Gasteiger partial charge in [0.1, 0.15) is 0 Å². The zero-order chi connectivity index (χ0) is 12.4. The molecule has 1 nitrogen and oxygen atoms in total. The van der Waals surface area contributed by atoms with E-state index in [0.717, 1.165) is 25.0 Å². The van der Waals surface area contributed by atoms with Crippen molar-refractivity contribution in [2.24, 2.45) is 0 Å². The van der Waals surface area contributed by atoms with E-state index in [1.165, 1.54) is 0 Å². The number of rotatable bonds is 3. The molecule has 2 aromatic rings. The third-order valence-corrected chi connectivity index (χ3v) is 5.22. The standard InChI is InChI=1S/C12H10BrCl2NS/c1-16-11(12-9(14)5-6-17-12)7-3-2-4-8(13)10(7)15/h2-6,11,16H,1H3. The Balaban J connectivity index is 2.50.